The Balaban J connectivity index is 2.34. The van der Waals surface area contributed by atoms with Gasteiger partial charge in [0.15, 0.2) is 0 Å². The van der Waals surface area contributed by atoms with Gasteiger partial charge in [0, 0.05) is 24.8 Å². The molecule has 1 N–H and O–H groups in total. The summed E-state index contributed by atoms with van der Waals surface area (Å²) in [5.74, 6) is 1.41. The van der Waals surface area contributed by atoms with Crippen LogP contribution < -0.4 is 10.2 Å². The lowest BCUT2D eigenvalue weighted by Gasteiger charge is -2.20. The summed E-state index contributed by atoms with van der Waals surface area (Å²) in [6.45, 7) is 7.82. The van der Waals surface area contributed by atoms with E-state index in [4.69, 9.17) is 23.2 Å². The summed E-state index contributed by atoms with van der Waals surface area (Å²) in [5, 5.41) is 4.20. The Kier molecular flexibility index (Phi) is 5.26. The summed E-state index contributed by atoms with van der Waals surface area (Å²) in [6.07, 6.45) is 0. The standard InChI is InChI=1S/C15H18Cl2N4/c1-4-21(5-2)15-18-10(3)9-13(20-15)19-12-8-6-7-11(16)14(12)17/h6-9H,4-5H2,1-3H3,(H,18,19,20). The molecule has 0 amide bonds. The molecule has 0 spiro atoms. The van der Waals surface area contributed by atoms with Gasteiger partial charge in [0.25, 0.3) is 0 Å². The van der Waals surface area contributed by atoms with Gasteiger partial charge >= 0.3 is 0 Å². The second kappa shape index (κ2) is 6.96. The van der Waals surface area contributed by atoms with Crippen molar-refractivity contribution < 1.29 is 0 Å². The summed E-state index contributed by atoms with van der Waals surface area (Å²) in [4.78, 5) is 11.1. The van der Waals surface area contributed by atoms with Crippen LogP contribution >= 0.6 is 23.2 Å². The second-order valence-electron chi connectivity index (χ2n) is 4.59. The Morgan fingerprint density at radius 3 is 2.52 bits per heavy atom. The molecule has 0 aliphatic rings. The van der Waals surface area contributed by atoms with E-state index < -0.39 is 0 Å². The summed E-state index contributed by atoms with van der Waals surface area (Å²) >= 11 is 12.2. The third-order valence-electron chi connectivity index (χ3n) is 3.10. The monoisotopic (exact) mass is 324 g/mol. The van der Waals surface area contributed by atoms with Crippen molar-refractivity contribution in [2.24, 2.45) is 0 Å². The summed E-state index contributed by atoms with van der Waals surface area (Å²) in [5.41, 5.74) is 1.63. The molecule has 0 saturated heterocycles. The molecule has 0 fully saturated rings. The van der Waals surface area contributed by atoms with E-state index in [1.807, 2.05) is 25.1 Å². The van der Waals surface area contributed by atoms with Crippen LogP contribution in [0.25, 0.3) is 0 Å². The van der Waals surface area contributed by atoms with E-state index in [0.29, 0.717) is 21.8 Å². The van der Waals surface area contributed by atoms with Crippen molar-refractivity contribution in [1.82, 2.24) is 9.97 Å². The number of hydrogen-bond acceptors (Lipinski definition) is 4. The summed E-state index contributed by atoms with van der Waals surface area (Å²) in [7, 11) is 0. The highest BCUT2D eigenvalue weighted by atomic mass is 35.5. The average molecular weight is 325 g/mol. The molecule has 0 saturated carbocycles. The van der Waals surface area contributed by atoms with E-state index >= 15 is 0 Å². The van der Waals surface area contributed by atoms with Gasteiger partial charge < -0.3 is 10.2 Å². The first-order valence-corrected chi connectivity index (χ1v) is 7.62. The van der Waals surface area contributed by atoms with Crippen LogP contribution in [0.3, 0.4) is 0 Å². The second-order valence-corrected chi connectivity index (χ2v) is 5.38. The van der Waals surface area contributed by atoms with Gasteiger partial charge in [0.2, 0.25) is 5.95 Å². The van der Waals surface area contributed by atoms with Gasteiger partial charge in [0.05, 0.1) is 15.7 Å². The van der Waals surface area contributed by atoms with Gasteiger partial charge in [-0.05, 0) is 32.9 Å². The molecule has 6 heteroatoms. The lowest BCUT2D eigenvalue weighted by molar-refractivity contribution is 0.817. The Bertz CT molecular complexity index is 627. The van der Waals surface area contributed by atoms with Crippen molar-refractivity contribution in [3.63, 3.8) is 0 Å². The van der Waals surface area contributed by atoms with Crippen LogP contribution in [-0.2, 0) is 0 Å². The number of rotatable bonds is 5. The first kappa shape index (κ1) is 15.9. The number of anilines is 3. The lowest BCUT2D eigenvalue weighted by Crippen LogP contribution is -2.24. The Hall–Kier alpha value is -1.52. The smallest absolute Gasteiger partial charge is 0.227 e. The first-order chi connectivity index (χ1) is 10.0. The molecule has 4 nitrogen and oxygen atoms in total. The quantitative estimate of drug-likeness (QED) is 0.866. The Morgan fingerprint density at radius 2 is 1.86 bits per heavy atom. The van der Waals surface area contributed by atoms with Gasteiger partial charge in [-0.25, -0.2) is 4.98 Å². The fraction of sp³-hybridized carbons (Fsp3) is 0.333. The molecule has 0 aliphatic heterocycles. The maximum Gasteiger partial charge on any atom is 0.227 e. The minimum atomic E-state index is 0.486. The molecule has 0 atom stereocenters. The highest BCUT2D eigenvalue weighted by Gasteiger charge is 2.10. The molecule has 0 bridgehead atoms. The lowest BCUT2D eigenvalue weighted by atomic mass is 10.3. The van der Waals surface area contributed by atoms with Gasteiger partial charge in [0.1, 0.15) is 5.82 Å². The van der Waals surface area contributed by atoms with E-state index in [1.165, 1.54) is 0 Å². The van der Waals surface area contributed by atoms with Crippen LogP contribution in [0.5, 0.6) is 0 Å². The predicted molar refractivity (Wildman–Crippen MR) is 90.1 cm³/mol. The normalized spacial score (nSPS) is 10.5. The van der Waals surface area contributed by atoms with Gasteiger partial charge in [-0.3, -0.25) is 0 Å². The van der Waals surface area contributed by atoms with E-state index in [9.17, 15) is 0 Å². The molecule has 0 unspecified atom stereocenters. The molecule has 0 radical (unpaired) electrons. The Labute approximate surface area is 135 Å². The molecule has 2 aromatic rings. The van der Waals surface area contributed by atoms with Crippen molar-refractivity contribution in [2.75, 3.05) is 23.3 Å². The number of nitrogens with zero attached hydrogens (tertiary/aromatic N) is 3. The zero-order valence-corrected chi connectivity index (χ0v) is 13.8. The zero-order valence-electron chi connectivity index (χ0n) is 12.3. The third kappa shape index (κ3) is 3.77. The van der Waals surface area contributed by atoms with Crippen LogP contribution in [0.1, 0.15) is 19.5 Å². The fourth-order valence-electron chi connectivity index (χ4n) is 2.00. The van der Waals surface area contributed by atoms with Crippen LogP contribution in [0, 0.1) is 6.92 Å². The third-order valence-corrected chi connectivity index (χ3v) is 3.92. The number of halogens is 2. The summed E-state index contributed by atoms with van der Waals surface area (Å²) < 4.78 is 0. The van der Waals surface area contributed by atoms with Crippen LogP contribution in [-0.4, -0.2) is 23.1 Å². The number of nitrogens with one attached hydrogen (secondary N) is 1. The minimum Gasteiger partial charge on any atom is -0.341 e. The van der Waals surface area contributed by atoms with E-state index in [-0.39, 0.29) is 0 Å². The topological polar surface area (TPSA) is 41.1 Å². The molecule has 2 rings (SSSR count). The largest absolute Gasteiger partial charge is 0.341 e. The van der Waals surface area contributed by atoms with Crippen LogP contribution in [0.2, 0.25) is 10.0 Å². The van der Waals surface area contributed by atoms with Crippen molar-refractivity contribution in [3.8, 4) is 0 Å². The fourth-order valence-corrected chi connectivity index (χ4v) is 2.35. The van der Waals surface area contributed by atoms with E-state index in [1.54, 1.807) is 6.07 Å². The van der Waals surface area contributed by atoms with Crippen molar-refractivity contribution >= 4 is 40.7 Å². The van der Waals surface area contributed by atoms with Gasteiger partial charge in [-0.1, -0.05) is 29.3 Å². The number of aryl methyl sites for hydroxylation is 1. The van der Waals surface area contributed by atoms with Crippen molar-refractivity contribution in [2.45, 2.75) is 20.8 Å². The predicted octanol–water partition coefficient (Wildman–Crippen LogP) is 4.68. The Morgan fingerprint density at radius 1 is 1.14 bits per heavy atom. The van der Waals surface area contributed by atoms with Gasteiger partial charge in [-0.2, -0.15) is 4.98 Å². The van der Waals surface area contributed by atoms with E-state index in [0.717, 1.165) is 24.5 Å². The van der Waals surface area contributed by atoms with Crippen LogP contribution in [0.15, 0.2) is 24.3 Å². The summed E-state index contributed by atoms with van der Waals surface area (Å²) in [6, 6.07) is 7.34. The first-order valence-electron chi connectivity index (χ1n) is 6.86. The van der Waals surface area contributed by atoms with Crippen molar-refractivity contribution in [3.05, 3.63) is 40.0 Å². The average Bonchev–Trinajstić information content (AvgIpc) is 2.45. The maximum absolute atomic E-state index is 6.19. The van der Waals surface area contributed by atoms with E-state index in [2.05, 4.69) is 34.0 Å². The number of hydrogen-bond donors (Lipinski definition) is 1. The number of benzene rings is 1. The molecular weight excluding hydrogens is 307 g/mol. The van der Waals surface area contributed by atoms with Gasteiger partial charge in [-0.15, -0.1) is 0 Å². The highest BCUT2D eigenvalue weighted by molar-refractivity contribution is 6.43. The maximum atomic E-state index is 6.19. The molecule has 1 aromatic heterocycles. The zero-order chi connectivity index (χ0) is 15.4. The molecule has 112 valence electrons. The molecule has 0 aliphatic carbocycles. The highest BCUT2D eigenvalue weighted by Crippen LogP contribution is 2.31. The SMILES string of the molecule is CCN(CC)c1nc(C)cc(Nc2cccc(Cl)c2Cl)n1. The van der Waals surface area contributed by atoms with Crippen molar-refractivity contribution in [1.29, 1.82) is 0 Å². The number of aromatic nitrogens is 2. The van der Waals surface area contributed by atoms with Crippen LogP contribution in [0.4, 0.5) is 17.5 Å². The molecule has 1 heterocycles. The molecule has 21 heavy (non-hydrogen) atoms. The molecule has 1 aromatic carbocycles. The molecular formula is C15H18Cl2N4. The minimum absolute atomic E-state index is 0.486.